The molecule has 2 heteroatoms. The molecule has 0 aliphatic rings. The summed E-state index contributed by atoms with van der Waals surface area (Å²) in [6, 6.07) is 11.5. The van der Waals surface area contributed by atoms with Crippen LogP contribution in [0.2, 0.25) is 5.02 Å². The third kappa shape index (κ3) is 2.28. The summed E-state index contributed by atoms with van der Waals surface area (Å²) in [5.74, 6) is 0.336. The Morgan fingerprint density at radius 2 is 1.67 bits per heavy atom. The van der Waals surface area contributed by atoms with E-state index in [1.54, 1.807) is 0 Å². The SMILES string of the molecule is CCC(CC)C(=O)c1ccc(Cl)c2ccccc12. The Balaban J connectivity index is 2.58. The molecule has 0 aliphatic heterocycles. The van der Waals surface area contributed by atoms with Gasteiger partial charge >= 0.3 is 0 Å². The van der Waals surface area contributed by atoms with E-state index in [0.717, 1.165) is 29.2 Å². The van der Waals surface area contributed by atoms with Crippen LogP contribution < -0.4 is 0 Å². The highest BCUT2D eigenvalue weighted by Crippen LogP contribution is 2.29. The maximum Gasteiger partial charge on any atom is 0.166 e. The highest BCUT2D eigenvalue weighted by atomic mass is 35.5. The fourth-order valence-corrected chi connectivity index (χ4v) is 2.58. The number of hydrogen-bond acceptors (Lipinski definition) is 1. The molecule has 2 aromatic rings. The maximum absolute atomic E-state index is 12.5. The summed E-state index contributed by atoms with van der Waals surface area (Å²) in [4.78, 5) is 12.5. The number of carbonyl (C=O) groups is 1. The quantitative estimate of drug-likeness (QED) is 0.698. The van der Waals surface area contributed by atoms with Crippen molar-refractivity contribution in [1.29, 1.82) is 0 Å². The van der Waals surface area contributed by atoms with E-state index >= 15 is 0 Å². The van der Waals surface area contributed by atoms with Crippen LogP contribution in [-0.2, 0) is 0 Å². The number of carbonyl (C=O) groups excluding carboxylic acids is 1. The van der Waals surface area contributed by atoms with Gasteiger partial charge in [-0.05, 0) is 30.4 Å². The lowest BCUT2D eigenvalue weighted by molar-refractivity contribution is 0.0915. The minimum atomic E-state index is 0.106. The second-order valence-electron chi connectivity index (χ2n) is 4.52. The van der Waals surface area contributed by atoms with Gasteiger partial charge in [0.1, 0.15) is 0 Å². The Labute approximate surface area is 113 Å². The first kappa shape index (κ1) is 13.1. The molecule has 0 atom stereocenters. The molecule has 0 spiro atoms. The highest BCUT2D eigenvalue weighted by Gasteiger charge is 2.18. The second-order valence-corrected chi connectivity index (χ2v) is 4.93. The van der Waals surface area contributed by atoms with Crippen molar-refractivity contribution >= 4 is 28.2 Å². The van der Waals surface area contributed by atoms with Gasteiger partial charge in [0.05, 0.1) is 0 Å². The van der Waals surface area contributed by atoms with Gasteiger partial charge in [-0.25, -0.2) is 0 Å². The minimum absolute atomic E-state index is 0.106. The molecule has 0 saturated carbocycles. The molecule has 0 saturated heterocycles. The molecule has 0 N–H and O–H groups in total. The van der Waals surface area contributed by atoms with Gasteiger partial charge in [-0.15, -0.1) is 0 Å². The first-order chi connectivity index (χ1) is 8.69. The average Bonchev–Trinajstić information content (AvgIpc) is 2.41. The summed E-state index contributed by atoms with van der Waals surface area (Å²) < 4.78 is 0. The zero-order valence-electron chi connectivity index (χ0n) is 10.7. The average molecular weight is 261 g/mol. The van der Waals surface area contributed by atoms with E-state index in [0.29, 0.717) is 5.02 Å². The molecule has 0 aliphatic carbocycles. The summed E-state index contributed by atoms with van der Waals surface area (Å²) in [5.41, 5.74) is 0.795. The summed E-state index contributed by atoms with van der Waals surface area (Å²) in [7, 11) is 0. The smallest absolute Gasteiger partial charge is 0.166 e. The molecule has 1 nitrogen and oxygen atoms in total. The molecule has 2 aromatic carbocycles. The van der Waals surface area contributed by atoms with Crippen LogP contribution in [0.1, 0.15) is 37.0 Å². The van der Waals surface area contributed by atoms with Crippen LogP contribution in [0.15, 0.2) is 36.4 Å². The Morgan fingerprint density at radius 1 is 1.06 bits per heavy atom. The number of rotatable bonds is 4. The molecule has 0 amide bonds. The topological polar surface area (TPSA) is 17.1 Å². The largest absolute Gasteiger partial charge is 0.294 e. The second kappa shape index (κ2) is 5.53. The predicted molar refractivity (Wildman–Crippen MR) is 77.4 cm³/mol. The number of halogens is 1. The van der Waals surface area contributed by atoms with E-state index in [-0.39, 0.29) is 11.7 Å². The minimum Gasteiger partial charge on any atom is -0.294 e. The van der Waals surface area contributed by atoms with Gasteiger partial charge in [0, 0.05) is 21.9 Å². The van der Waals surface area contributed by atoms with Crippen LogP contribution in [0.25, 0.3) is 10.8 Å². The molecule has 0 unspecified atom stereocenters. The molecule has 0 fully saturated rings. The van der Waals surface area contributed by atoms with E-state index in [4.69, 9.17) is 11.6 Å². The molecule has 2 rings (SSSR count). The number of fused-ring (bicyclic) bond motifs is 1. The molecule has 0 radical (unpaired) electrons. The Morgan fingerprint density at radius 3 is 2.28 bits per heavy atom. The van der Waals surface area contributed by atoms with Gasteiger partial charge in [-0.1, -0.05) is 49.7 Å². The number of Topliss-reactive ketones (excluding diaryl/α,β-unsaturated/α-hetero) is 1. The Kier molecular flexibility index (Phi) is 4.03. The normalized spacial score (nSPS) is 11.1. The van der Waals surface area contributed by atoms with Gasteiger partial charge in [-0.2, -0.15) is 0 Å². The summed E-state index contributed by atoms with van der Waals surface area (Å²) >= 11 is 6.17. The van der Waals surface area contributed by atoms with Crippen molar-refractivity contribution in [2.45, 2.75) is 26.7 Å². The van der Waals surface area contributed by atoms with Crippen molar-refractivity contribution < 1.29 is 4.79 Å². The van der Waals surface area contributed by atoms with E-state index < -0.39 is 0 Å². The highest BCUT2D eigenvalue weighted by molar-refractivity contribution is 6.36. The fraction of sp³-hybridized carbons (Fsp3) is 0.312. The molecule has 0 aromatic heterocycles. The summed E-state index contributed by atoms with van der Waals surface area (Å²) in [6.07, 6.45) is 1.76. The van der Waals surface area contributed by atoms with E-state index in [2.05, 4.69) is 13.8 Å². The number of benzene rings is 2. The van der Waals surface area contributed by atoms with Crippen LogP contribution in [0.5, 0.6) is 0 Å². The van der Waals surface area contributed by atoms with Crippen LogP contribution in [-0.4, -0.2) is 5.78 Å². The monoisotopic (exact) mass is 260 g/mol. The lowest BCUT2D eigenvalue weighted by Crippen LogP contribution is -2.13. The van der Waals surface area contributed by atoms with Crippen molar-refractivity contribution in [1.82, 2.24) is 0 Å². The lowest BCUT2D eigenvalue weighted by atomic mass is 9.90. The van der Waals surface area contributed by atoms with Gasteiger partial charge < -0.3 is 0 Å². The molecular weight excluding hydrogens is 244 g/mol. The van der Waals surface area contributed by atoms with Gasteiger partial charge in [0.15, 0.2) is 5.78 Å². The number of hydrogen-bond donors (Lipinski definition) is 0. The third-order valence-corrected chi connectivity index (χ3v) is 3.82. The van der Waals surface area contributed by atoms with Crippen LogP contribution in [0, 0.1) is 5.92 Å². The van der Waals surface area contributed by atoms with E-state index in [1.807, 2.05) is 36.4 Å². The molecule has 0 bridgehead atoms. The van der Waals surface area contributed by atoms with Crippen molar-refractivity contribution in [3.05, 3.63) is 47.0 Å². The van der Waals surface area contributed by atoms with Crippen LogP contribution >= 0.6 is 11.6 Å². The zero-order valence-corrected chi connectivity index (χ0v) is 11.5. The van der Waals surface area contributed by atoms with Gasteiger partial charge in [-0.3, -0.25) is 4.79 Å². The zero-order chi connectivity index (χ0) is 13.1. The Bertz CT molecular complexity index is 570. The number of ketones is 1. The molecule has 0 heterocycles. The van der Waals surface area contributed by atoms with Crippen molar-refractivity contribution in [2.24, 2.45) is 5.92 Å². The lowest BCUT2D eigenvalue weighted by Gasteiger charge is -2.13. The standard InChI is InChI=1S/C16H17ClO/c1-3-11(4-2)16(18)14-9-10-15(17)13-8-6-5-7-12(13)14/h5-11H,3-4H2,1-2H3. The first-order valence-corrected chi connectivity index (χ1v) is 6.78. The van der Waals surface area contributed by atoms with Crippen molar-refractivity contribution in [3.63, 3.8) is 0 Å². The van der Waals surface area contributed by atoms with Crippen molar-refractivity contribution in [2.75, 3.05) is 0 Å². The van der Waals surface area contributed by atoms with Crippen LogP contribution in [0.3, 0.4) is 0 Å². The van der Waals surface area contributed by atoms with Gasteiger partial charge in [0.25, 0.3) is 0 Å². The third-order valence-electron chi connectivity index (χ3n) is 3.49. The first-order valence-electron chi connectivity index (χ1n) is 6.40. The fourth-order valence-electron chi connectivity index (χ4n) is 2.36. The van der Waals surface area contributed by atoms with Crippen molar-refractivity contribution in [3.8, 4) is 0 Å². The maximum atomic E-state index is 12.5. The molecular formula is C16H17ClO. The van der Waals surface area contributed by atoms with E-state index in [9.17, 15) is 4.79 Å². The molecule has 18 heavy (non-hydrogen) atoms. The summed E-state index contributed by atoms with van der Waals surface area (Å²) in [5, 5.41) is 2.62. The van der Waals surface area contributed by atoms with E-state index in [1.165, 1.54) is 0 Å². The van der Waals surface area contributed by atoms with Gasteiger partial charge in [0.2, 0.25) is 0 Å². The summed E-state index contributed by atoms with van der Waals surface area (Å²) in [6.45, 7) is 4.12. The predicted octanol–water partition coefficient (Wildman–Crippen LogP) is 5.11. The van der Waals surface area contributed by atoms with Crippen LogP contribution in [0.4, 0.5) is 0 Å². The Hall–Kier alpha value is -1.34. The molecule has 94 valence electrons.